The van der Waals surface area contributed by atoms with Crippen molar-refractivity contribution in [2.75, 3.05) is 6.61 Å². The van der Waals surface area contributed by atoms with Crippen molar-refractivity contribution in [2.45, 2.75) is 6.92 Å². The third-order valence-electron chi connectivity index (χ3n) is 2.09. The highest BCUT2D eigenvalue weighted by Crippen LogP contribution is 2.28. The van der Waals surface area contributed by atoms with E-state index in [4.69, 9.17) is 16.3 Å². The number of rotatable bonds is 3. The molecule has 16 heavy (non-hydrogen) atoms. The van der Waals surface area contributed by atoms with E-state index in [1.54, 1.807) is 6.20 Å². The predicted octanol–water partition coefficient (Wildman–Crippen LogP) is 3.20. The van der Waals surface area contributed by atoms with E-state index in [1.165, 1.54) is 0 Å². The quantitative estimate of drug-likeness (QED) is 0.765. The monoisotopic (exact) mass is 234 g/mol. The summed E-state index contributed by atoms with van der Waals surface area (Å²) in [6, 6.07) is 9.54. The number of para-hydroxylation sites is 1. The number of aromatic nitrogens is 2. The van der Waals surface area contributed by atoms with Crippen LogP contribution in [0.15, 0.2) is 36.5 Å². The molecule has 0 saturated carbocycles. The third kappa shape index (κ3) is 2.31. The van der Waals surface area contributed by atoms with Crippen molar-refractivity contribution < 1.29 is 4.74 Å². The fourth-order valence-corrected chi connectivity index (χ4v) is 1.59. The van der Waals surface area contributed by atoms with Gasteiger partial charge in [-0.2, -0.15) is 0 Å². The summed E-state index contributed by atoms with van der Waals surface area (Å²) in [6.45, 7) is 2.57. The molecule has 2 aromatic rings. The van der Waals surface area contributed by atoms with E-state index in [-0.39, 0.29) is 5.28 Å². The fraction of sp³-hybridized carbons (Fsp3) is 0.167. The lowest BCUT2D eigenvalue weighted by Crippen LogP contribution is -1.95. The fourth-order valence-electron chi connectivity index (χ4n) is 1.44. The molecule has 0 fully saturated rings. The summed E-state index contributed by atoms with van der Waals surface area (Å²) >= 11 is 5.76. The summed E-state index contributed by atoms with van der Waals surface area (Å²) in [6.07, 6.45) is 1.63. The normalized spacial score (nSPS) is 10.1. The molecule has 0 unspecified atom stereocenters. The summed E-state index contributed by atoms with van der Waals surface area (Å²) in [7, 11) is 0. The SMILES string of the molecule is CCOc1ccccc1-c1ccnc(Cl)n1. The van der Waals surface area contributed by atoms with Gasteiger partial charge in [-0.1, -0.05) is 12.1 Å². The first-order valence-corrected chi connectivity index (χ1v) is 5.40. The van der Waals surface area contributed by atoms with Crippen molar-refractivity contribution in [3.63, 3.8) is 0 Å². The Labute approximate surface area is 99.1 Å². The second-order valence-corrected chi connectivity index (χ2v) is 3.48. The first kappa shape index (κ1) is 10.9. The smallest absolute Gasteiger partial charge is 0.222 e. The molecule has 0 aliphatic carbocycles. The number of hydrogen-bond acceptors (Lipinski definition) is 3. The van der Waals surface area contributed by atoms with E-state index >= 15 is 0 Å². The average molecular weight is 235 g/mol. The Bertz CT molecular complexity index is 488. The van der Waals surface area contributed by atoms with Crippen LogP contribution in [0.5, 0.6) is 5.75 Å². The first-order valence-electron chi connectivity index (χ1n) is 5.02. The van der Waals surface area contributed by atoms with Crippen LogP contribution in [0.25, 0.3) is 11.3 Å². The molecule has 2 rings (SSSR count). The molecule has 0 radical (unpaired) electrons. The van der Waals surface area contributed by atoms with Gasteiger partial charge in [0.05, 0.1) is 12.3 Å². The topological polar surface area (TPSA) is 35.0 Å². The predicted molar refractivity (Wildman–Crippen MR) is 63.6 cm³/mol. The van der Waals surface area contributed by atoms with E-state index in [0.717, 1.165) is 17.0 Å². The van der Waals surface area contributed by atoms with Gasteiger partial charge in [0, 0.05) is 11.8 Å². The van der Waals surface area contributed by atoms with E-state index in [0.29, 0.717) is 6.61 Å². The molecule has 0 aliphatic rings. The van der Waals surface area contributed by atoms with Crippen LogP contribution in [0.3, 0.4) is 0 Å². The maximum Gasteiger partial charge on any atom is 0.222 e. The Morgan fingerprint density at radius 1 is 1.25 bits per heavy atom. The molecular formula is C12H11ClN2O. The number of ether oxygens (including phenoxy) is 1. The summed E-state index contributed by atoms with van der Waals surface area (Å²) in [5.41, 5.74) is 1.69. The highest BCUT2D eigenvalue weighted by Gasteiger charge is 2.06. The summed E-state index contributed by atoms with van der Waals surface area (Å²) in [4.78, 5) is 8.02. The molecule has 0 aliphatic heterocycles. The molecule has 1 aromatic heterocycles. The second-order valence-electron chi connectivity index (χ2n) is 3.14. The van der Waals surface area contributed by atoms with Crippen LogP contribution in [-0.2, 0) is 0 Å². The van der Waals surface area contributed by atoms with Crippen molar-refractivity contribution >= 4 is 11.6 Å². The molecule has 0 spiro atoms. The molecule has 1 aromatic carbocycles. The van der Waals surface area contributed by atoms with Gasteiger partial charge in [-0.3, -0.25) is 0 Å². The van der Waals surface area contributed by atoms with Crippen LogP contribution >= 0.6 is 11.6 Å². The molecular weight excluding hydrogens is 224 g/mol. The van der Waals surface area contributed by atoms with E-state index in [1.807, 2.05) is 37.3 Å². The average Bonchev–Trinajstić information content (AvgIpc) is 2.30. The van der Waals surface area contributed by atoms with Crippen LogP contribution in [0.2, 0.25) is 5.28 Å². The molecule has 82 valence electrons. The lowest BCUT2D eigenvalue weighted by molar-refractivity contribution is 0.341. The van der Waals surface area contributed by atoms with Crippen LogP contribution in [0.1, 0.15) is 6.92 Å². The second kappa shape index (κ2) is 4.94. The van der Waals surface area contributed by atoms with E-state index in [9.17, 15) is 0 Å². The van der Waals surface area contributed by atoms with Gasteiger partial charge in [0.2, 0.25) is 5.28 Å². The standard InChI is InChI=1S/C12H11ClN2O/c1-2-16-11-6-4-3-5-9(11)10-7-8-14-12(13)15-10/h3-8H,2H2,1H3. The largest absolute Gasteiger partial charge is 0.493 e. The van der Waals surface area contributed by atoms with Gasteiger partial charge < -0.3 is 4.74 Å². The number of halogens is 1. The minimum Gasteiger partial charge on any atom is -0.493 e. The third-order valence-corrected chi connectivity index (χ3v) is 2.27. The summed E-state index contributed by atoms with van der Waals surface area (Å²) in [5, 5.41) is 0.240. The van der Waals surface area contributed by atoms with Gasteiger partial charge in [-0.15, -0.1) is 0 Å². The van der Waals surface area contributed by atoms with Gasteiger partial charge in [-0.05, 0) is 36.7 Å². The summed E-state index contributed by atoms with van der Waals surface area (Å²) in [5.74, 6) is 0.805. The maximum absolute atomic E-state index is 5.76. The Kier molecular flexibility index (Phi) is 3.37. The number of hydrogen-bond donors (Lipinski definition) is 0. The van der Waals surface area contributed by atoms with Gasteiger partial charge >= 0.3 is 0 Å². The van der Waals surface area contributed by atoms with Crippen LogP contribution < -0.4 is 4.74 Å². The van der Waals surface area contributed by atoms with E-state index in [2.05, 4.69) is 9.97 Å². The Balaban J connectivity index is 2.46. The van der Waals surface area contributed by atoms with Crippen molar-refractivity contribution in [3.8, 4) is 17.0 Å². The highest BCUT2D eigenvalue weighted by atomic mass is 35.5. The van der Waals surface area contributed by atoms with Crippen molar-refractivity contribution in [3.05, 3.63) is 41.8 Å². The Morgan fingerprint density at radius 2 is 2.06 bits per heavy atom. The molecule has 0 amide bonds. The van der Waals surface area contributed by atoms with Gasteiger partial charge in [0.15, 0.2) is 0 Å². The van der Waals surface area contributed by atoms with Crippen molar-refractivity contribution in [1.29, 1.82) is 0 Å². The molecule has 4 heteroatoms. The van der Waals surface area contributed by atoms with Gasteiger partial charge in [0.25, 0.3) is 0 Å². The zero-order valence-electron chi connectivity index (χ0n) is 8.85. The number of benzene rings is 1. The zero-order chi connectivity index (χ0) is 11.4. The van der Waals surface area contributed by atoms with Crippen molar-refractivity contribution in [2.24, 2.45) is 0 Å². The van der Waals surface area contributed by atoms with Gasteiger partial charge in [-0.25, -0.2) is 9.97 Å². The molecule has 1 heterocycles. The molecule has 0 N–H and O–H groups in total. The molecule has 3 nitrogen and oxygen atoms in total. The van der Waals surface area contributed by atoms with Crippen molar-refractivity contribution in [1.82, 2.24) is 9.97 Å². The van der Waals surface area contributed by atoms with Crippen LogP contribution in [0, 0.1) is 0 Å². The molecule has 0 bridgehead atoms. The minimum atomic E-state index is 0.240. The lowest BCUT2D eigenvalue weighted by atomic mass is 10.1. The van der Waals surface area contributed by atoms with E-state index < -0.39 is 0 Å². The lowest BCUT2D eigenvalue weighted by Gasteiger charge is -2.08. The Hall–Kier alpha value is -1.61. The number of nitrogens with zero attached hydrogens (tertiary/aromatic N) is 2. The summed E-state index contributed by atoms with van der Waals surface area (Å²) < 4.78 is 5.53. The minimum absolute atomic E-state index is 0.240. The molecule has 0 atom stereocenters. The first-order chi connectivity index (χ1) is 7.81. The zero-order valence-corrected chi connectivity index (χ0v) is 9.61. The van der Waals surface area contributed by atoms with Gasteiger partial charge in [0.1, 0.15) is 5.75 Å². The molecule has 0 saturated heterocycles. The van der Waals surface area contributed by atoms with Crippen LogP contribution in [-0.4, -0.2) is 16.6 Å². The maximum atomic E-state index is 5.76. The highest BCUT2D eigenvalue weighted by molar-refractivity contribution is 6.28. The van der Waals surface area contributed by atoms with Crippen LogP contribution in [0.4, 0.5) is 0 Å². The Morgan fingerprint density at radius 3 is 2.81 bits per heavy atom.